The van der Waals surface area contributed by atoms with Crippen LogP contribution in [0.4, 0.5) is 5.69 Å². The van der Waals surface area contributed by atoms with Crippen LogP contribution in [0.5, 0.6) is 0 Å². The van der Waals surface area contributed by atoms with Gasteiger partial charge in [-0.25, -0.2) is 4.79 Å². The van der Waals surface area contributed by atoms with Crippen LogP contribution < -0.4 is 5.73 Å². The molecule has 0 aliphatic carbocycles. The van der Waals surface area contributed by atoms with Gasteiger partial charge in [-0.3, -0.25) is 0 Å². The lowest BCUT2D eigenvalue weighted by Gasteiger charge is -2.12. The largest absolute Gasteiger partial charge is 0.465 e. The molecule has 4 nitrogen and oxygen atoms in total. The van der Waals surface area contributed by atoms with Gasteiger partial charge in [0.2, 0.25) is 0 Å². The van der Waals surface area contributed by atoms with Crippen LogP contribution in [0, 0.1) is 0 Å². The Morgan fingerprint density at radius 1 is 1.57 bits per heavy atom. The molecule has 0 radical (unpaired) electrons. The van der Waals surface area contributed by atoms with Gasteiger partial charge in [-0.05, 0) is 18.6 Å². The molecule has 76 valence electrons. The monoisotopic (exact) mass is 195 g/mol. The second-order valence-electron chi connectivity index (χ2n) is 2.98. The average Bonchev–Trinajstić information content (AvgIpc) is 2.16. The topological polar surface area (TPSA) is 72.5 Å². The van der Waals surface area contributed by atoms with Crippen molar-refractivity contribution in [1.82, 2.24) is 0 Å². The fraction of sp³-hybridized carbons (Fsp3) is 0.300. The second-order valence-corrected chi connectivity index (χ2v) is 2.98. The van der Waals surface area contributed by atoms with E-state index in [1.807, 2.05) is 0 Å². The van der Waals surface area contributed by atoms with Crippen LogP contribution in [0.1, 0.15) is 28.9 Å². The Kier molecular flexibility index (Phi) is 3.09. The highest BCUT2D eigenvalue weighted by Crippen LogP contribution is 2.23. The number of aliphatic hydroxyl groups excluding tert-OH is 1. The number of esters is 1. The molecule has 0 amide bonds. The van der Waals surface area contributed by atoms with Gasteiger partial charge in [0.25, 0.3) is 0 Å². The van der Waals surface area contributed by atoms with Gasteiger partial charge in [0.1, 0.15) is 0 Å². The van der Waals surface area contributed by atoms with Crippen molar-refractivity contribution in [3.63, 3.8) is 0 Å². The van der Waals surface area contributed by atoms with Gasteiger partial charge in [0.05, 0.1) is 18.8 Å². The molecule has 0 bridgehead atoms. The van der Waals surface area contributed by atoms with Crippen LogP contribution >= 0.6 is 0 Å². The number of ether oxygens (including phenoxy) is 1. The lowest BCUT2D eigenvalue weighted by atomic mass is 10.0. The average molecular weight is 195 g/mol. The van der Waals surface area contributed by atoms with Crippen molar-refractivity contribution in [3.05, 3.63) is 29.3 Å². The first-order valence-electron chi connectivity index (χ1n) is 4.22. The summed E-state index contributed by atoms with van der Waals surface area (Å²) >= 11 is 0. The number of nitrogen functional groups attached to an aromatic ring is 1. The van der Waals surface area contributed by atoms with E-state index in [9.17, 15) is 9.90 Å². The van der Waals surface area contributed by atoms with E-state index in [1.165, 1.54) is 7.11 Å². The van der Waals surface area contributed by atoms with Gasteiger partial charge in [-0.1, -0.05) is 12.1 Å². The summed E-state index contributed by atoms with van der Waals surface area (Å²) < 4.78 is 4.58. The molecule has 0 fully saturated rings. The molecule has 4 heteroatoms. The first kappa shape index (κ1) is 10.5. The van der Waals surface area contributed by atoms with E-state index in [1.54, 1.807) is 25.1 Å². The molecule has 0 aliphatic heterocycles. The van der Waals surface area contributed by atoms with E-state index in [0.717, 1.165) is 0 Å². The van der Waals surface area contributed by atoms with Gasteiger partial charge < -0.3 is 15.6 Å². The minimum atomic E-state index is -0.743. The van der Waals surface area contributed by atoms with E-state index < -0.39 is 12.1 Å². The molecule has 0 saturated heterocycles. The number of methoxy groups -OCH3 is 1. The van der Waals surface area contributed by atoms with Crippen LogP contribution in [-0.4, -0.2) is 18.2 Å². The molecule has 14 heavy (non-hydrogen) atoms. The van der Waals surface area contributed by atoms with E-state index in [2.05, 4.69) is 4.74 Å². The number of hydrogen-bond acceptors (Lipinski definition) is 4. The van der Waals surface area contributed by atoms with Gasteiger partial charge >= 0.3 is 5.97 Å². The predicted molar refractivity (Wildman–Crippen MR) is 52.8 cm³/mol. The van der Waals surface area contributed by atoms with Gasteiger partial charge in [-0.15, -0.1) is 0 Å². The molecule has 0 spiro atoms. The third-order valence-electron chi connectivity index (χ3n) is 1.97. The smallest absolute Gasteiger partial charge is 0.340 e. The van der Waals surface area contributed by atoms with Crippen molar-refractivity contribution in [2.24, 2.45) is 0 Å². The number of nitrogens with two attached hydrogens (primary N) is 1. The zero-order valence-electron chi connectivity index (χ0n) is 8.15. The fourth-order valence-electron chi connectivity index (χ4n) is 1.27. The van der Waals surface area contributed by atoms with E-state index in [0.29, 0.717) is 11.3 Å². The maximum absolute atomic E-state index is 11.3. The molecule has 1 aromatic rings. The van der Waals surface area contributed by atoms with E-state index in [4.69, 9.17) is 5.73 Å². The third-order valence-corrected chi connectivity index (χ3v) is 1.97. The molecular weight excluding hydrogens is 182 g/mol. The molecule has 0 heterocycles. The highest BCUT2D eigenvalue weighted by Gasteiger charge is 2.17. The number of anilines is 1. The van der Waals surface area contributed by atoms with Gasteiger partial charge in [0.15, 0.2) is 0 Å². The Bertz CT molecular complexity index is 347. The van der Waals surface area contributed by atoms with Crippen LogP contribution in [0.2, 0.25) is 0 Å². The maximum Gasteiger partial charge on any atom is 0.340 e. The lowest BCUT2D eigenvalue weighted by molar-refractivity contribution is 0.0595. The molecule has 1 aromatic carbocycles. The van der Waals surface area contributed by atoms with Gasteiger partial charge in [-0.2, -0.15) is 0 Å². The van der Waals surface area contributed by atoms with Crippen LogP contribution in [0.15, 0.2) is 18.2 Å². The maximum atomic E-state index is 11.3. The summed E-state index contributed by atoms with van der Waals surface area (Å²) in [6.45, 7) is 1.57. The molecule has 1 rings (SSSR count). The SMILES string of the molecule is COC(=O)c1c(N)cccc1C(C)O. The zero-order valence-corrected chi connectivity index (χ0v) is 8.15. The summed E-state index contributed by atoms with van der Waals surface area (Å²) in [5.74, 6) is -0.529. The predicted octanol–water partition coefficient (Wildman–Crippen LogP) is 1.11. The molecule has 0 aromatic heterocycles. The Morgan fingerprint density at radius 3 is 2.71 bits per heavy atom. The Hall–Kier alpha value is -1.55. The van der Waals surface area contributed by atoms with Crippen molar-refractivity contribution in [1.29, 1.82) is 0 Å². The number of benzene rings is 1. The Balaban J connectivity index is 3.29. The highest BCUT2D eigenvalue weighted by molar-refractivity contribution is 5.96. The molecule has 0 saturated carbocycles. The van der Waals surface area contributed by atoms with Crippen molar-refractivity contribution >= 4 is 11.7 Å². The summed E-state index contributed by atoms with van der Waals surface area (Å²) in [7, 11) is 1.28. The first-order valence-corrected chi connectivity index (χ1v) is 4.22. The zero-order chi connectivity index (χ0) is 10.7. The van der Waals surface area contributed by atoms with E-state index >= 15 is 0 Å². The number of aliphatic hydroxyl groups is 1. The summed E-state index contributed by atoms with van der Waals surface area (Å²) in [6, 6.07) is 4.93. The van der Waals surface area contributed by atoms with Gasteiger partial charge in [0, 0.05) is 5.69 Å². The number of carbonyl (C=O) groups excluding carboxylic acids is 1. The summed E-state index contributed by atoms with van der Waals surface area (Å²) in [4.78, 5) is 11.3. The first-order chi connectivity index (χ1) is 6.57. The number of hydrogen-bond donors (Lipinski definition) is 2. The highest BCUT2D eigenvalue weighted by atomic mass is 16.5. The number of carbonyl (C=O) groups is 1. The van der Waals surface area contributed by atoms with Crippen molar-refractivity contribution < 1.29 is 14.6 Å². The molecule has 1 unspecified atom stereocenters. The van der Waals surface area contributed by atoms with Crippen molar-refractivity contribution in [2.75, 3.05) is 12.8 Å². The summed E-state index contributed by atoms with van der Waals surface area (Å²) in [5, 5.41) is 9.41. The van der Waals surface area contributed by atoms with Crippen molar-refractivity contribution in [2.45, 2.75) is 13.0 Å². The summed E-state index contributed by atoms with van der Waals surface area (Å²) in [5.41, 5.74) is 6.66. The molecule has 3 N–H and O–H groups in total. The van der Waals surface area contributed by atoms with E-state index in [-0.39, 0.29) is 5.56 Å². The second kappa shape index (κ2) is 4.11. The van der Waals surface area contributed by atoms with Crippen LogP contribution in [0.3, 0.4) is 0 Å². The minimum Gasteiger partial charge on any atom is -0.465 e. The Morgan fingerprint density at radius 2 is 2.21 bits per heavy atom. The van der Waals surface area contributed by atoms with Crippen LogP contribution in [0.25, 0.3) is 0 Å². The standard InChI is InChI=1S/C10H13NO3/c1-6(12)7-4-3-5-8(11)9(7)10(13)14-2/h3-6,12H,11H2,1-2H3. The normalized spacial score (nSPS) is 12.2. The van der Waals surface area contributed by atoms with Crippen LogP contribution in [-0.2, 0) is 4.74 Å². The molecule has 0 aliphatic rings. The lowest BCUT2D eigenvalue weighted by Crippen LogP contribution is -2.11. The summed E-state index contributed by atoms with van der Waals surface area (Å²) in [6.07, 6.45) is -0.743. The third kappa shape index (κ3) is 1.85. The number of rotatable bonds is 2. The quantitative estimate of drug-likeness (QED) is 0.547. The fourth-order valence-corrected chi connectivity index (χ4v) is 1.27. The molecular formula is C10H13NO3. The Labute approximate surface area is 82.3 Å². The molecule has 1 atom stereocenters. The minimum absolute atomic E-state index is 0.241. The van der Waals surface area contributed by atoms with Crippen molar-refractivity contribution in [3.8, 4) is 0 Å².